The van der Waals surface area contributed by atoms with E-state index in [0.29, 0.717) is 28.1 Å². The number of nitrogens with zero attached hydrogens (tertiary/aromatic N) is 5. The summed E-state index contributed by atoms with van der Waals surface area (Å²) in [5, 5.41) is 17.5. The molecule has 0 spiro atoms. The molecule has 0 radical (unpaired) electrons. The summed E-state index contributed by atoms with van der Waals surface area (Å²) in [6, 6.07) is 13.1. The van der Waals surface area contributed by atoms with Crippen molar-refractivity contribution in [3.63, 3.8) is 0 Å². The molecule has 3 heterocycles. The number of carbonyl (C=O) groups excluding carboxylic acids is 2. The van der Waals surface area contributed by atoms with Gasteiger partial charge in [0.25, 0.3) is 5.91 Å². The van der Waals surface area contributed by atoms with Crippen LogP contribution in [0.3, 0.4) is 0 Å². The molecule has 2 amide bonds. The average Bonchev–Trinajstić information content (AvgIpc) is 3.66. The predicted octanol–water partition coefficient (Wildman–Crippen LogP) is 4.79. The van der Waals surface area contributed by atoms with Gasteiger partial charge in [-0.3, -0.25) is 14.5 Å². The second-order valence-corrected chi connectivity index (χ2v) is 10.1. The lowest BCUT2D eigenvalue weighted by Gasteiger charge is -2.31. The fourth-order valence-corrected chi connectivity index (χ4v) is 5.30. The van der Waals surface area contributed by atoms with Gasteiger partial charge in [-0.2, -0.15) is 0 Å². The highest BCUT2D eigenvalue weighted by molar-refractivity contribution is 7.13. The lowest BCUT2D eigenvalue weighted by atomic mass is 10.1. The summed E-state index contributed by atoms with van der Waals surface area (Å²) in [5.41, 5.74) is 0.510. The molecule has 11 heteroatoms. The van der Waals surface area contributed by atoms with Gasteiger partial charge >= 0.3 is 0 Å². The van der Waals surface area contributed by atoms with Crippen LogP contribution in [0.15, 0.2) is 58.3 Å². The Hall–Kier alpha value is -3.50. The number of hydrogen-bond acceptors (Lipinski definition) is 7. The molecule has 5 rings (SSSR count). The van der Waals surface area contributed by atoms with Crippen LogP contribution in [0.4, 0.5) is 5.69 Å². The summed E-state index contributed by atoms with van der Waals surface area (Å²) in [4.78, 5) is 29.9. The van der Waals surface area contributed by atoms with Crippen molar-refractivity contribution < 1.29 is 14.0 Å². The van der Waals surface area contributed by atoms with Crippen molar-refractivity contribution >= 4 is 40.4 Å². The number of thiophene rings is 1. The van der Waals surface area contributed by atoms with E-state index in [1.807, 2.05) is 17.5 Å². The molecule has 3 aromatic heterocycles. The lowest BCUT2D eigenvalue weighted by molar-refractivity contribution is -0.127. The first-order valence-corrected chi connectivity index (χ1v) is 13.0. The van der Waals surface area contributed by atoms with Crippen LogP contribution < -0.4 is 10.2 Å². The maximum atomic E-state index is 13.9. The first-order valence-electron chi connectivity index (χ1n) is 11.7. The standard InChI is InChI=1S/C25H25ClN6O3S/c1-16-8-13-20(35-16)23(25(34)27-18-5-2-3-6-18)32(19-11-9-17(26)10-12-19)22(33)15-31-24(28-29-30-31)21-7-4-14-36-21/h4,7-14,18,23H,2-3,5-6,15H2,1H3,(H,27,34). The third-order valence-corrected chi connectivity index (χ3v) is 7.29. The summed E-state index contributed by atoms with van der Waals surface area (Å²) in [7, 11) is 0. The molecule has 186 valence electrons. The van der Waals surface area contributed by atoms with Crippen molar-refractivity contribution in [2.75, 3.05) is 4.90 Å². The van der Waals surface area contributed by atoms with E-state index in [1.165, 1.54) is 20.9 Å². The first-order chi connectivity index (χ1) is 17.5. The fraction of sp³-hybridized carbons (Fsp3) is 0.320. The molecular formula is C25H25ClN6O3S. The van der Waals surface area contributed by atoms with Crippen molar-refractivity contribution in [1.82, 2.24) is 25.5 Å². The molecule has 1 unspecified atom stereocenters. The van der Waals surface area contributed by atoms with E-state index in [0.717, 1.165) is 30.6 Å². The number of nitrogens with one attached hydrogen (secondary N) is 1. The van der Waals surface area contributed by atoms with E-state index in [-0.39, 0.29) is 24.4 Å². The van der Waals surface area contributed by atoms with E-state index in [1.54, 1.807) is 43.3 Å². The number of tetrazole rings is 1. The van der Waals surface area contributed by atoms with Gasteiger partial charge in [-0.05, 0) is 78.0 Å². The largest absolute Gasteiger partial charge is 0.464 e. The van der Waals surface area contributed by atoms with E-state index >= 15 is 0 Å². The number of anilines is 1. The molecule has 9 nitrogen and oxygen atoms in total. The highest BCUT2D eigenvalue weighted by Crippen LogP contribution is 2.32. The van der Waals surface area contributed by atoms with Gasteiger partial charge in [-0.15, -0.1) is 16.4 Å². The molecule has 1 aliphatic carbocycles. The smallest absolute Gasteiger partial charge is 0.251 e. The zero-order chi connectivity index (χ0) is 25.1. The summed E-state index contributed by atoms with van der Waals surface area (Å²) in [5.74, 6) is 0.835. The highest BCUT2D eigenvalue weighted by atomic mass is 35.5. The van der Waals surface area contributed by atoms with Crippen molar-refractivity contribution in [3.05, 3.63) is 70.5 Å². The van der Waals surface area contributed by atoms with Crippen molar-refractivity contribution in [3.8, 4) is 10.7 Å². The van der Waals surface area contributed by atoms with Crippen molar-refractivity contribution in [2.24, 2.45) is 0 Å². The molecule has 1 fully saturated rings. The van der Waals surface area contributed by atoms with Gasteiger partial charge < -0.3 is 9.73 Å². The second-order valence-electron chi connectivity index (χ2n) is 8.72. The minimum Gasteiger partial charge on any atom is -0.464 e. The van der Waals surface area contributed by atoms with Crippen LogP contribution in [0.2, 0.25) is 5.02 Å². The Morgan fingerprint density at radius 3 is 2.64 bits per heavy atom. The SMILES string of the molecule is Cc1ccc(C(C(=O)NC2CCCC2)N(C(=O)Cn2nnnc2-c2cccs2)c2ccc(Cl)cc2)o1. The maximum absolute atomic E-state index is 13.9. The summed E-state index contributed by atoms with van der Waals surface area (Å²) in [6.07, 6.45) is 3.97. The molecule has 36 heavy (non-hydrogen) atoms. The Morgan fingerprint density at radius 1 is 1.19 bits per heavy atom. The van der Waals surface area contributed by atoms with Gasteiger partial charge in [0.2, 0.25) is 5.91 Å². The number of hydrogen-bond donors (Lipinski definition) is 1. The number of benzene rings is 1. The van der Waals surface area contributed by atoms with Gasteiger partial charge in [0.1, 0.15) is 18.1 Å². The van der Waals surface area contributed by atoms with Crippen LogP contribution in [0.5, 0.6) is 0 Å². The Kier molecular flexibility index (Phi) is 7.15. The minimum absolute atomic E-state index is 0.0724. The molecule has 0 aliphatic heterocycles. The van der Waals surface area contributed by atoms with Crippen LogP contribution in [0, 0.1) is 6.92 Å². The molecule has 1 N–H and O–H groups in total. The van der Waals surface area contributed by atoms with Gasteiger partial charge in [-0.25, -0.2) is 4.68 Å². The zero-order valence-corrected chi connectivity index (χ0v) is 21.2. The first kappa shape index (κ1) is 24.2. The van der Waals surface area contributed by atoms with Crippen molar-refractivity contribution in [1.29, 1.82) is 0 Å². The van der Waals surface area contributed by atoms with E-state index in [9.17, 15) is 9.59 Å². The second kappa shape index (κ2) is 10.6. The number of amides is 2. The van der Waals surface area contributed by atoms with Gasteiger partial charge in [-0.1, -0.05) is 30.5 Å². The van der Waals surface area contributed by atoms with Gasteiger partial charge in [0, 0.05) is 16.8 Å². The van der Waals surface area contributed by atoms with Crippen LogP contribution in [0.25, 0.3) is 10.7 Å². The topological polar surface area (TPSA) is 106 Å². The lowest BCUT2D eigenvalue weighted by Crippen LogP contribution is -2.47. The number of aromatic nitrogens is 4. The average molecular weight is 525 g/mol. The fourth-order valence-electron chi connectivity index (χ4n) is 4.46. The van der Waals surface area contributed by atoms with Crippen LogP contribution in [-0.2, 0) is 16.1 Å². The third kappa shape index (κ3) is 5.19. The number of aryl methyl sites for hydroxylation is 1. The molecule has 0 saturated heterocycles. The van der Waals surface area contributed by atoms with E-state index < -0.39 is 6.04 Å². The number of halogens is 1. The predicted molar refractivity (Wildman–Crippen MR) is 137 cm³/mol. The molecule has 0 bridgehead atoms. The monoisotopic (exact) mass is 524 g/mol. The minimum atomic E-state index is -1.02. The molecule has 1 aromatic carbocycles. The summed E-state index contributed by atoms with van der Waals surface area (Å²) in [6.45, 7) is 1.63. The number of furan rings is 1. The van der Waals surface area contributed by atoms with Crippen LogP contribution in [0.1, 0.15) is 43.2 Å². The molecule has 4 aromatic rings. The van der Waals surface area contributed by atoms with Crippen molar-refractivity contribution in [2.45, 2.75) is 51.2 Å². The number of carbonyl (C=O) groups is 2. The molecular weight excluding hydrogens is 500 g/mol. The molecule has 1 atom stereocenters. The normalized spacial score (nSPS) is 14.6. The zero-order valence-electron chi connectivity index (χ0n) is 19.6. The Labute approximate surface area is 217 Å². The Morgan fingerprint density at radius 2 is 1.97 bits per heavy atom. The quantitative estimate of drug-likeness (QED) is 0.355. The highest BCUT2D eigenvalue weighted by Gasteiger charge is 2.37. The maximum Gasteiger partial charge on any atom is 0.251 e. The van der Waals surface area contributed by atoms with Gasteiger partial charge in [0.15, 0.2) is 11.9 Å². The van der Waals surface area contributed by atoms with E-state index in [2.05, 4.69) is 20.8 Å². The third-order valence-electron chi connectivity index (χ3n) is 6.17. The number of rotatable bonds is 8. The van der Waals surface area contributed by atoms with Crippen LogP contribution >= 0.6 is 22.9 Å². The Balaban J connectivity index is 1.53. The Bertz CT molecular complexity index is 1330. The van der Waals surface area contributed by atoms with Crippen LogP contribution in [-0.4, -0.2) is 38.1 Å². The van der Waals surface area contributed by atoms with Gasteiger partial charge in [0.05, 0.1) is 4.88 Å². The summed E-state index contributed by atoms with van der Waals surface area (Å²) >= 11 is 7.61. The molecule has 1 aliphatic rings. The molecule has 1 saturated carbocycles. The summed E-state index contributed by atoms with van der Waals surface area (Å²) < 4.78 is 7.34. The van der Waals surface area contributed by atoms with E-state index in [4.69, 9.17) is 16.0 Å².